The summed E-state index contributed by atoms with van der Waals surface area (Å²) >= 11 is 0. The number of hydrogen-bond donors (Lipinski definition) is 3. The van der Waals surface area contributed by atoms with Gasteiger partial charge >= 0.3 is 0 Å². The summed E-state index contributed by atoms with van der Waals surface area (Å²) in [7, 11) is 1.49. The van der Waals surface area contributed by atoms with E-state index < -0.39 is 5.91 Å². The highest BCUT2D eigenvalue weighted by Gasteiger charge is 2.12. The molecule has 0 bridgehead atoms. The van der Waals surface area contributed by atoms with Gasteiger partial charge in [0, 0.05) is 12.6 Å². The van der Waals surface area contributed by atoms with E-state index in [0.29, 0.717) is 17.1 Å². The number of para-hydroxylation sites is 1. The Balaban J connectivity index is 2.24. The minimum Gasteiger partial charge on any atom is -0.507 e. The number of rotatable bonds is 4. The van der Waals surface area contributed by atoms with Crippen LogP contribution in [0.5, 0.6) is 11.5 Å². The molecular formula is C16H16N2O4. The Labute approximate surface area is 127 Å². The summed E-state index contributed by atoms with van der Waals surface area (Å²) in [6.07, 6.45) is 0. The molecule has 114 valence electrons. The van der Waals surface area contributed by atoms with Gasteiger partial charge in [0.2, 0.25) is 5.91 Å². The summed E-state index contributed by atoms with van der Waals surface area (Å²) in [4.78, 5) is 23.3. The predicted molar refractivity (Wildman–Crippen MR) is 83.4 cm³/mol. The Bertz CT molecular complexity index is 713. The van der Waals surface area contributed by atoms with Gasteiger partial charge in [0.1, 0.15) is 11.5 Å². The van der Waals surface area contributed by atoms with E-state index in [-0.39, 0.29) is 17.2 Å². The SMILES string of the molecule is COc1ccc(NC(=O)c2ccccc2O)cc1NC(C)=O. The van der Waals surface area contributed by atoms with Crippen molar-refractivity contribution in [1.82, 2.24) is 0 Å². The van der Waals surface area contributed by atoms with Gasteiger partial charge in [0.15, 0.2) is 0 Å². The molecule has 0 unspecified atom stereocenters. The number of benzene rings is 2. The molecule has 0 aliphatic carbocycles. The Kier molecular flexibility index (Phi) is 4.63. The average Bonchev–Trinajstić information content (AvgIpc) is 2.47. The Hall–Kier alpha value is -3.02. The lowest BCUT2D eigenvalue weighted by atomic mass is 10.2. The maximum Gasteiger partial charge on any atom is 0.259 e. The van der Waals surface area contributed by atoms with Gasteiger partial charge in [0.25, 0.3) is 5.91 Å². The van der Waals surface area contributed by atoms with Crippen molar-refractivity contribution < 1.29 is 19.4 Å². The molecule has 0 aliphatic rings. The van der Waals surface area contributed by atoms with E-state index in [2.05, 4.69) is 10.6 Å². The summed E-state index contributed by atoms with van der Waals surface area (Å²) < 4.78 is 5.14. The Morgan fingerprint density at radius 2 is 1.82 bits per heavy atom. The molecule has 0 saturated heterocycles. The standard InChI is InChI=1S/C16H16N2O4/c1-10(19)17-13-9-11(7-8-15(13)22-2)18-16(21)12-5-3-4-6-14(12)20/h3-9,20H,1-2H3,(H,17,19)(H,18,21). The molecular weight excluding hydrogens is 284 g/mol. The van der Waals surface area contributed by atoms with E-state index in [4.69, 9.17) is 4.74 Å². The molecule has 0 atom stereocenters. The first-order valence-corrected chi connectivity index (χ1v) is 6.56. The molecule has 0 aromatic heterocycles. The molecule has 0 aliphatic heterocycles. The van der Waals surface area contributed by atoms with Gasteiger partial charge < -0.3 is 20.5 Å². The zero-order chi connectivity index (χ0) is 16.1. The summed E-state index contributed by atoms with van der Waals surface area (Å²) in [6, 6.07) is 11.1. The van der Waals surface area contributed by atoms with Crippen LogP contribution in [0.15, 0.2) is 42.5 Å². The summed E-state index contributed by atoms with van der Waals surface area (Å²) in [5.41, 5.74) is 1.09. The van der Waals surface area contributed by atoms with Crippen LogP contribution in [-0.4, -0.2) is 24.0 Å². The topological polar surface area (TPSA) is 87.7 Å². The minimum absolute atomic E-state index is 0.101. The normalized spacial score (nSPS) is 9.91. The van der Waals surface area contributed by atoms with Crippen LogP contribution in [-0.2, 0) is 4.79 Å². The maximum absolute atomic E-state index is 12.1. The van der Waals surface area contributed by atoms with Gasteiger partial charge in [-0.05, 0) is 30.3 Å². The largest absolute Gasteiger partial charge is 0.507 e. The van der Waals surface area contributed by atoms with Crippen LogP contribution in [0.1, 0.15) is 17.3 Å². The van der Waals surface area contributed by atoms with E-state index in [9.17, 15) is 14.7 Å². The lowest BCUT2D eigenvalue weighted by Crippen LogP contribution is -2.13. The van der Waals surface area contributed by atoms with E-state index in [0.717, 1.165) is 0 Å². The predicted octanol–water partition coefficient (Wildman–Crippen LogP) is 2.61. The lowest BCUT2D eigenvalue weighted by molar-refractivity contribution is -0.114. The zero-order valence-electron chi connectivity index (χ0n) is 12.2. The third kappa shape index (κ3) is 3.54. The molecule has 0 radical (unpaired) electrons. The van der Waals surface area contributed by atoms with Crippen LogP contribution in [0.3, 0.4) is 0 Å². The number of amides is 2. The number of aromatic hydroxyl groups is 1. The van der Waals surface area contributed by atoms with Crippen LogP contribution in [0, 0.1) is 0 Å². The number of phenolic OH excluding ortho intramolecular Hbond substituents is 1. The molecule has 22 heavy (non-hydrogen) atoms. The van der Waals surface area contributed by atoms with Gasteiger partial charge in [0.05, 0.1) is 18.4 Å². The molecule has 0 fully saturated rings. The second-order valence-corrected chi connectivity index (χ2v) is 4.57. The third-order valence-corrected chi connectivity index (χ3v) is 2.92. The molecule has 0 heterocycles. The summed E-state index contributed by atoms with van der Waals surface area (Å²) in [6.45, 7) is 1.38. The fourth-order valence-electron chi connectivity index (χ4n) is 1.94. The van der Waals surface area contributed by atoms with E-state index >= 15 is 0 Å². The summed E-state index contributed by atoms with van der Waals surface area (Å²) in [5, 5.41) is 15.0. The molecule has 2 aromatic carbocycles. The maximum atomic E-state index is 12.1. The Morgan fingerprint density at radius 3 is 2.45 bits per heavy atom. The van der Waals surface area contributed by atoms with Gasteiger partial charge in [-0.25, -0.2) is 0 Å². The molecule has 2 rings (SSSR count). The third-order valence-electron chi connectivity index (χ3n) is 2.92. The second-order valence-electron chi connectivity index (χ2n) is 4.57. The van der Waals surface area contributed by atoms with Crippen LogP contribution >= 0.6 is 0 Å². The van der Waals surface area contributed by atoms with Crippen LogP contribution in [0.25, 0.3) is 0 Å². The van der Waals surface area contributed by atoms with Crippen LogP contribution in [0.2, 0.25) is 0 Å². The minimum atomic E-state index is -0.447. The van der Waals surface area contributed by atoms with Gasteiger partial charge in [-0.1, -0.05) is 12.1 Å². The van der Waals surface area contributed by atoms with Crippen LogP contribution in [0.4, 0.5) is 11.4 Å². The van der Waals surface area contributed by atoms with E-state index in [1.165, 1.54) is 26.2 Å². The highest BCUT2D eigenvalue weighted by molar-refractivity contribution is 6.06. The van der Waals surface area contributed by atoms with E-state index in [1.807, 2.05) is 0 Å². The van der Waals surface area contributed by atoms with Crippen molar-refractivity contribution in [3.05, 3.63) is 48.0 Å². The highest BCUT2D eigenvalue weighted by atomic mass is 16.5. The number of carbonyl (C=O) groups is 2. The number of nitrogens with one attached hydrogen (secondary N) is 2. The molecule has 2 amide bonds. The van der Waals surface area contributed by atoms with Crippen molar-refractivity contribution in [3.63, 3.8) is 0 Å². The monoisotopic (exact) mass is 300 g/mol. The van der Waals surface area contributed by atoms with Crippen molar-refractivity contribution >= 4 is 23.2 Å². The van der Waals surface area contributed by atoms with Gasteiger partial charge in [-0.15, -0.1) is 0 Å². The first kappa shape index (κ1) is 15.4. The molecule has 6 nitrogen and oxygen atoms in total. The number of carbonyl (C=O) groups excluding carboxylic acids is 2. The Morgan fingerprint density at radius 1 is 1.09 bits per heavy atom. The molecule has 0 spiro atoms. The molecule has 2 aromatic rings. The van der Waals surface area contributed by atoms with Gasteiger partial charge in [-0.3, -0.25) is 9.59 Å². The average molecular weight is 300 g/mol. The van der Waals surface area contributed by atoms with Crippen molar-refractivity contribution in [1.29, 1.82) is 0 Å². The fraction of sp³-hybridized carbons (Fsp3) is 0.125. The van der Waals surface area contributed by atoms with Crippen LogP contribution < -0.4 is 15.4 Å². The number of methoxy groups -OCH3 is 1. The van der Waals surface area contributed by atoms with Crippen molar-refractivity contribution in [3.8, 4) is 11.5 Å². The molecule has 6 heteroatoms. The first-order chi connectivity index (χ1) is 10.5. The molecule has 0 saturated carbocycles. The molecule has 3 N–H and O–H groups in total. The van der Waals surface area contributed by atoms with E-state index in [1.54, 1.807) is 30.3 Å². The number of phenols is 1. The summed E-state index contributed by atoms with van der Waals surface area (Å²) in [5.74, 6) is -0.314. The van der Waals surface area contributed by atoms with Gasteiger partial charge in [-0.2, -0.15) is 0 Å². The highest BCUT2D eigenvalue weighted by Crippen LogP contribution is 2.28. The number of hydrogen-bond acceptors (Lipinski definition) is 4. The van der Waals surface area contributed by atoms with Crippen molar-refractivity contribution in [2.45, 2.75) is 6.92 Å². The number of ether oxygens (including phenoxy) is 1. The van der Waals surface area contributed by atoms with Crippen molar-refractivity contribution in [2.24, 2.45) is 0 Å². The number of anilines is 2. The first-order valence-electron chi connectivity index (χ1n) is 6.56. The fourth-order valence-corrected chi connectivity index (χ4v) is 1.94. The van der Waals surface area contributed by atoms with Crippen molar-refractivity contribution in [2.75, 3.05) is 17.7 Å². The smallest absolute Gasteiger partial charge is 0.259 e. The second kappa shape index (κ2) is 6.62. The quantitative estimate of drug-likeness (QED) is 0.810. The lowest BCUT2D eigenvalue weighted by Gasteiger charge is -2.12. The zero-order valence-corrected chi connectivity index (χ0v) is 12.2.